The Balaban J connectivity index is 1.56. The van der Waals surface area contributed by atoms with Gasteiger partial charge in [-0.2, -0.15) is 0 Å². The van der Waals surface area contributed by atoms with Crippen molar-refractivity contribution in [2.24, 2.45) is 0 Å². The van der Waals surface area contributed by atoms with Gasteiger partial charge in [0.15, 0.2) is 0 Å². The molecule has 1 heterocycles. The Morgan fingerprint density at radius 3 is 1.97 bits per heavy atom. The van der Waals surface area contributed by atoms with Gasteiger partial charge in [0.05, 0.1) is 0 Å². The van der Waals surface area contributed by atoms with Crippen LogP contribution in [0.15, 0.2) is 108 Å². The van der Waals surface area contributed by atoms with E-state index in [-0.39, 0.29) is 5.41 Å². The van der Waals surface area contributed by atoms with Crippen LogP contribution < -0.4 is 0 Å². The Kier molecular flexibility index (Phi) is 4.53. The fourth-order valence-electron chi connectivity index (χ4n) is 6.22. The summed E-state index contributed by atoms with van der Waals surface area (Å²) < 4.78 is 6.25. The third kappa shape index (κ3) is 3.09. The Labute approximate surface area is 212 Å². The third-order valence-corrected chi connectivity index (χ3v) is 7.62. The first-order chi connectivity index (χ1) is 17.5. The number of benzene rings is 5. The van der Waals surface area contributed by atoms with Crippen molar-refractivity contribution in [1.82, 2.24) is 0 Å². The maximum atomic E-state index is 6.25. The van der Waals surface area contributed by atoms with Crippen molar-refractivity contribution < 1.29 is 4.42 Å². The number of fused-ring (bicyclic) bond motifs is 6. The van der Waals surface area contributed by atoms with Gasteiger partial charge < -0.3 is 4.42 Å². The fourth-order valence-corrected chi connectivity index (χ4v) is 6.22. The summed E-state index contributed by atoms with van der Waals surface area (Å²) in [6.45, 7) is 7.00. The number of hydrogen-bond donors (Lipinski definition) is 0. The third-order valence-electron chi connectivity index (χ3n) is 7.62. The van der Waals surface area contributed by atoms with E-state index in [1.54, 1.807) is 0 Å². The molecule has 0 N–H and O–H groups in total. The lowest BCUT2D eigenvalue weighted by Gasteiger charge is -2.28. The fraction of sp³-hybridized carbons (Fsp3) is 0.143. The molecule has 1 aromatic heterocycles. The highest BCUT2D eigenvalue weighted by Crippen LogP contribution is 2.48. The molecule has 174 valence electrons. The number of hydrogen-bond acceptors (Lipinski definition) is 1. The minimum Gasteiger partial charge on any atom is -0.456 e. The Morgan fingerprint density at radius 1 is 0.528 bits per heavy atom. The molecule has 0 atom stereocenters. The molecule has 36 heavy (non-hydrogen) atoms. The van der Waals surface area contributed by atoms with Gasteiger partial charge in [0.25, 0.3) is 0 Å². The predicted molar refractivity (Wildman–Crippen MR) is 152 cm³/mol. The van der Waals surface area contributed by atoms with E-state index in [1.165, 1.54) is 60.8 Å². The quantitative estimate of drug-likeness (QED) is 0.248. The van der Waals surface area contributed by atoms with Gasteiger partial charge in [0, 0.05) is 10.8 Å². The molecular formula is C35H28O. The molecule has 0 unspecified atom stereocenters. The maximum Gasteiger partial charge on any atom is 0.136 e. The van der Waals surface area contributed by atoms with E-state index in [0.717, 1.165) is 17.6 Å². The summed E-state index contributed by atoms with van der Waals surface area (Å²) in [6.07, 6.45) is 1.00. The average molecular weight is 465 g/mol. The molecule has 0 spiro atoms. The van der Waals surface area contributed by atoms with E-state index in [9.17, 15) is 0 Å². The van der Waals surface area contributed by atoms with Gasteiger partial charge >= 0.3 is 0 Å². The van der Waals surface area contributed by atoms with Crippen LogP contribution in [0.5, 0.6) is 0 Å². The van der Waals surface area contributed by atoms with Crippen LogP contribution >= 0.6 is 0 Å². The monoisotopic (exact) mass is 464 g/mol. The molecule has 0 fully saturated rings. The van der Waals surface area contributed by atoms with Crippen LogP contribution in [0.4, 0.5) is 0 Å². The molecule has 1 nitrogen and oxygen atoms in total. The second-order valence-electron chi connectivity index (χ2n) is 10.9. The molecule has 0 radical (unpaired) electrons. The average Bonchev–Trinajstić information content (AvgIpc) is 3.46. The van der Waals surface area contributed by atoms with Crippen LogP contribution in [0.3, 0.4) is 0 Å². The summed E-state index contributed by atoms with van der Waals surface area (Å²) in [5, 5.41) is 2.36. The van der Waals surface area contributed by atoms with Gasteiger partial charge in [-0.1, -0.05) is 112 Å². The number of para-hydroxylation sites is 1. The van der Waals surface area contributed by atoms with E-state index in [2.05, 4.69) is 118 Å². The Morgan fingerprint density at radius 2 is 1.11 bits per heavy atom. The van der Waals surface area contributed by atoms with Crippen LogP contribution in [0, 0.1) is 0 Å². The van der Waals surface area contributed by atoms with Crippen LogP contribution in [0.25, 0.3) is 55.3 Å². The van der Waals surface area contributed by atoms with Crippen LogP contribution in [-0.2, 0) is 11.8 Å². The lowest BCUT2D eigenvalue weighted by atomic mass is 9.76. The molecule has 1 aliphatic carbocycles. The topological polar surface area (TPSA) is 13.1 Å². The minimum absolute atomic E-state index is 0.0610. The Hall–Kier alpha value is -4.10. The van der Waals surface area contributed by atoms with Crippen molar-refractivity contribution >= 4 is 21.9 Å². The van der Waals surface area contributed by atoms with E-state index < -0.39 is 0 Å². The first-order valence-electron chi connectivity index (χ1n) is 12.8. The molecule has 0 saturated carbocycles. The standard InChI is InChI=1S/C35H28O/c1-35(2,3)34-27(25-15-8-12-23-21-22-11-4-5-13-24(22)32(23)25)17-9-18-28(34)26-16-10-20-31-33(26)29-14-6-7-19-30(29)36-31/h4-20H,21H2,1-3H3. The highest BCUT2D eigenvalue weighted by Gasteiger charge is 2.28. The van der Waals surface area contributed by atoms with Crippen LogP contribution in [0.2, 0.25) is 0 Å². The summed E-state index contributed by atoms with van der Waals surface area (Å²) in [4.78, 5) is 0. The molecule has 6 aromatic rings. The predicted octanol–water partition coefficient (Wildman–Crippen LogP) is 9.79. The zero-order valence-corrected chi connectivity index (χ0v) is 20.9. The number of rotatable bonds is 2. The highest BCUT2D eigenvalue weighted by atomic mass is 16.3. The largest absolute Gasteiger partial charge is 0.456 e. The highest BCUT2D eigenvalue weighted by molar-refractivity contribution is 6.13. The van der Waals surface area contributed by atoms with Crippen LogP contribution in [-0.4, -0.2) is 0 Å². The number of furan rings is 1. The summed E-state index contributed by atoms with van der Waals surface area (Å²) in [6, 6.07) is 37.3. The van der Waals surface area contributed by atoms with E-state index >= 15 is 0 Å². The van der Waals surface area contributed by atoms with Gasteiger partial charge in [-0.15, -0.1) is 0 Å². The first kappa shape index (κ1) is 21.2. The van der Waals surface area contributed by atoms with Crippen molar-refractivity contribution in [3.05, 3.63) is 120 Å². The van der Waals surface area contributed by atoms with Gasteiger partial charge in [-0.25, -0.2) is 0 Å². The summed E-state index contributed by atoms with van der Waals surface area (Å²) in [7, 11) is 0. The van der Waals surface area contributed by atoms with E-state index in [1.807, 2.05) is 6.07 Å². The van der Waals surface area contributed by atoms with E-state index in [0.29, 0.717) is 0 Å². The molecule has 0 aliphatic heterocycles. The molecule has 5 aromatic carbocycles. The normalized spacial score (nSPS) is 12.8. The molecule has 0 bridgehead atoms. The van der Waals surface area contributed by atoms with Crippen LogP contribution in [0.1, 0.15) is 37.5 Å². The van der Waals surface area contributed by atoms with Gasteiger partial charge in [0.1, 0.15) is 11.2 Å². The summed E-state index contributed by atoms with van der Waals surface area (Å²) in [5.74, 6) is 0. The lowest BCUT2D eigenvalue weighted by Crippen LogP contribution is -2.15. The van der Waals surface area contributed by atoms with Gasteiger partial charge in [-0.3, -0.25) is 0 Å². The SMILES string of the molecule is CC(C)(C)c1c(-c2cccc3c2-c2ccccc2C3)cccc1-c1cccc2oc3ccccc3c12. The maximum absolute atomic E-state index is 6.25. The summed E-state index contributed by atoms with van der Waals surface area (Å²) >= 11 is 0. The van der Waals surface area contributed by atoms with Crippen molar-refractivity contribution in [1.29, 1.82) is 0 Å². The van der Waals surface area contributed by atoms with Crippen molar-refractivity contribution in [3.8, 4) is 33.4 Å². The smallest absolute Gasteiger partial charge is 0.136 e. The second kappa shape index (κ2) is 7.70. The molecule has 0 saturated heterocycles. The first-order valence-corrected chi connectivity index (χ1v) is 12.8. The zero-order valence-electron chi connectivity index (χ0n) is 20.9. The Bertz CT molecular complexity index is 1790. The molecule has 0 amide bonds. The van der Waals surface area contributed by atoms with Gasteiger partial charge in [0.2, 0.25) is 0 Å². The molecule has 7 rings (SSSR count). The van der Waals surface area contributed by atoms with Crippen molar-refractivity contribution in [3.63, 3.8) is 0 Å². The minimum atomic E-state index is -0.0610. The lowest BCUT2D eigenvalue weighted by molar-refractivity contribution is 0.594. The molecule has 1 aliphatic rings. The van der Waals surface area contributed by atoms with Crippen molar-refractivity contribution in [2.45, 2.75) is 32.6 Å². The zero-order chi connectivity index (χ0) is 24.4. The van der Waals surface area contributed by atoms with Crippen molar-refractivity contribution in [2.75, 3.05) is 0 Å². The van der Waals surface area contributed by atoms with E-state index in [4.69, 9.17) is 4.42 Å². The second-order valence-corrected chi connectivity index (χ2v) is 10.9. The molecular weight excluding hydrogens is 436 g/mol. The summed E-state index contributed by atoms with van der Waals surface area (Å²) in [5.41, 5.74) is 13.9. The molecule has 1 heteroatoms. The van der Waals surface area contributed by atoms with Gasteiger partial charge in [-0.05, 0) is 74.0 Å².